The Morgan fingerprint density at radius 3 is 2.50 bits per heavy atom. The molecule has 0 radical (unpaired) electrons. The fourth-order valence-corrected chi connectivity index (χ4v) is 2.16. The summed E-state index contributed by atoms with van der Waals surface area (Å²) in [5, 5.41) is 4.86. The Morgan fingerprint density at radius 2 is 1.80 bits per heavy atom. The second-order valence-electron chi connectivity index (χ2n) is 4.38. The molecule has 0 aliphatic carbocycles. The highest BCUT2D eigenvalue weighted by molar-refractivity contribution is 6.30. The molecule has 3 rings (SSSR count). The molecule has 2 aromatic carbocycles. The van der Waals surface area contributed by atoms with Gasteiger partial charge in [-0.05, 0) is 35.9 Å². The van der Waals surface area contributed by atoms with Crippen LogP contribution in [0.4, 0.5) is 10.1 Å². The minimum atomic E-state index is -0.261. The molecule has 1 heterocycles. The van der Waals surface area contributed by atoms with Gasteiger partial charge < -0.3 is 5.73 Å². The summed E-state index contributed by atoms with van der Waals surface area (Å²) in [6.45, 7) is 0. The van der Waals surface area contributed by atoms with E-state index in [2.05, 4.69) is 5.10 Å². The number of rotatable bonds is 2. The number of nitrogens with two attached hydrogens (primary N) is 1. The molecule has 0 saturated heterocycles. The predicted octanol–water partition coefficient (Wildman–Crippen LogP) is 3.91. The van der Waals surface area contributed by atoms with E-state index in [0.29, 0.717) is 10.7 Å². The van der Waals surface area contributed by atoms with E-state index in [0.717, 1.165) is 16.8 Å². The van der Waals surface area contributed by atoms with Gasteiger partial charge in [0.05, 0.1) is 17.6 Å². The lowest BCUT2D eigenvalue weighted by molar-refractivity contribution is 0.628. The molecule has 5 heteroatoms. The quantitative estimate of drug-likeness (QED) is 0.726. The molecule has 0 spiro atoms. The summed E-state index contributed by atoms with van der Waals surface area (Å²) in [6, 6.07) is 11.5. The molecule has 2 N–H and O–H groups in total. The number of hydrogen-bond acceptors (Lipinski definition) is 2. The highest BCUT2D eigenvalue weighted by atomic mass is 35.5. The molecular weight excluding hydrogens is 277 g/mol. The molecule has 3 nitrogen and oxygen atoms in total. The Labute approximate surface area is 120 Å². The zero-order chi connectivity index (χ0) is 14.1. The highest BCUT2D eigenvalue weighted by Crippen LogP contribution is 2.24. The van der Waals surface area contributed by atoms with Gasteiger partial charge >= 0.3 is 0 Å². The molecule has 0 unspecified atom stereocenters. The maximum Gasteiger partial charge on any atom is 0.123 e. The standard InChI is InChI=1S/C15H11ClFN3/c16-12-3-6-15(14(18)7-12)20-9-11(8-19-20)10-1-4-13(17)5-2-10/h1-9H,18H2. The number of nitrogens with zero attached hydrogens (tertiary/aromatic N) is 2. The van der Waals surface area contributed by atoms with Crippen LogP contribution in [0, 0.1) is 5.82 Å². The first-order valence-electron chi connectivity index (χ1n) is 5.99. The van der Waals surface area contributed by atoms with Crippen LogP contribution in [0.5, 0.6) is 0 Å². The molecule has 1 aromatic heterocycles. The largest absolute Gasteiger partial charge is 0.397 e. The Kier molecular flexibility index (Phi) is 3.16. The second-order valence-corrected chi connectivity index (χ2v) is 4.82. The first-order chi connectivity index (χ1) is 9.63. The third-order valence-corrected chi connectivity index (χ3v) is 3.23. The molecule has 0 saturated carbocycles. The minimum absolute atomic E-state index is 0.261. The van der Waals surface area contributed by atoms with Crippen molar-refractivity contribution in [2.24, 2.45) is 0 Å². The SMILES string of the molecule is Nc1cc(Cl)ccc1-n1cc(-c2ccc(F)cc2)cn1. The van der Waals surface area contributed by atoms with E-state index in [1.54, 1.807) is 41.2 Å². The molecule has 0 fully saturated rings. The van der Waals surface area contributed by atoms with E-state index < -0.39 is 0 Å². The third kappa shape index (κ3) is 2.38. The molecule has 20 heavy (non-hydrogen) atoms. The summed E-state index contributed by atoms with van der Waals surface area (Å²) < 4.78 is 14.6. The summed E-state index contributed by atoms with van der Waals surface area (Å²) in [7, 11) is 0. The van der Waals surface area contributed by atoms with Gasteiger partial charge in [-0.1, -0.05) is 23.7 Å². The maximum absolute atomic E-state index is 12.9. The van der Waals surface area contributed by atoms with Crippen LogP contribution in [0.3, 0.4) is 0 Å². The highest BCUT2D eigenvalue weighted by Gasteiger charge is 2.06. The molecule has 100 valence electrons. The zero-order valence-corrected chi connectivity index (χ0v) is 11.2. The van der Waals surface area contributed by atoms with Gasteiger partial charge in [0.15, 0.2) is 0 Å². The van der Waals surface area contributed by atoms with Crippen molar-refractivity contribution >= 4 is 17.3 Å². The lowest BCUT2D eigenvalue weighted by atomic mass is 10.1. The van der Waals surface area contributed by atoms with Crippen LogP contribution >= 0.6 is 11.6 Å². The normalized spacial score (nSPS) is 10.7. The van der Waals surface area contributed by atoms with Gasteiger partial charge in [-0.2, -0.15) is 5.10 Å². The molecule has 0 bridgehead atoms. The average molecular weight is 288 g/mol. The maximum atomic E-state index is 12.9. The summed E-state index contributed by atoms with van der Waals surface area (Å²) in [5.74, 6) is -0.261. The van der Waals surface area contributed by atoms with Crippen LogP contribution in [-0.4, -0.2) is 9.78 Å². The van der Waals surface area contributed by atoms with E-state index in [9.17, 15) is 4.39 Å². The molecule has 0 atom stereocenters. The van der Waals surface area contributed by atoms with Crippen LogP contribution < -0.4 is 5.73 Å². The van der Waals surface area contributed by atoms with Crippen LogP contribution in [0.1, 0.15) is 0 Å². The van der Waals surface area contributed by atoms with Crippen molar-refractivity contribution < 1.29 is 4.39 Å². The first-order valence-corrected chi connectivity index (χ1v) is 6.37. The zero-order valence-electron chi connectivity index (χ0n) is 10.4. The fraction of sp³-hybridized carbons (Fsp3) is 0. The fourth-order valence-electron chi connectivity index (χ4n) is 1.98. The van der Waals surface area contributed by atoms with Crippen molar-refractivity contribution in [2.75, 3.05) is 5.73 Å². The monoisotopic (exact) mass is 287 g/mol. The number of hydrogen-bond donors (Lipinski definition) is 1. The predicted molar refractivity (Wildman–Crippen MR) is 78.4 cm³/mol. The lowest BCUT2D eigenvalue weighted by Crippen LogP contribution is -1.99. The van der Waals surface area contributed by atoms with Crippen molar-refractivity contribution in [3.8, 4) is 16.8 Å². The Morgan fingerprint density at radius 1 is 1.05 bits per heavy atom. The Bertz CT molecular complexity index is 750. The van der Waals surface area contributed by atoms with E-state index in [1.165, 1.54) is 12.1 Å². The second kappa shape index (κ2) is 4.98. The Hall–Kier alpha value is -2.33. The molecular formula is C15H11ClFN3. The van der Waals surface area contributed by atoms with Crippen LogP contribution in [0.15, 0.2) is 54.9 Å². The van der Waals surface area contributed by atoms with Crippen molar-refractivity contribution in [3.05, 3.63) is 65.7 Å². The van der Waals surface area contributed by atoms with E-state index in [-0.39, 0.29) is 5.82 Å². The van der Waals surface area contributed by atoms with Gasteiger partial charge in [0, 0.05) is 16.8 Å². The van der Waals surface area contributed by atoms with Crippen LogP contribution in [-0.2, 0) is 0 Å². The van der Waals surface area contributed by atoms with Crippen molar-refractivity contribution in [2.45, 2.75) is 0 Å². The Balaban J connectivity index is 1.99. The van der Waals surface area contributed by atoms with Gasteiger partial charge in [-0.3, -0.25) is 0 Å². The van der Waals surface area contributed by atoms with E-state index in [4.69, 9.17) is 17.3 Å². The van der Waals surface area contributed by atoms with E-state index >= 15 is 0 Å². The van der Waals surface area contributed by atoms with Gasteiger partial charge in [-0.15, -0.1) is 0 Å². The number of halogens is 2. The number of nitrogen functional groups attached to an aromatic ring is 1. The third-order valence-electron chi connectivity index (χ3n) is 3.00. The number of anilines is 1. The van der Waals surface area contributed by atoms with Gasteiger partial charge in [0.2, 0.25) is 0 Å². The van der Waals surface area contributed by atoms with Crippen molar-refractivity contribution in [3.63, 3.8) is 0 Å². The van der Waals surface area contributed by atoms with Crippen molar-refractivity contribution in [1.29, 1.82) is 0 Å². The molecule has 3 aromatic rings. The van der Waals surface area contributed by atoms with Crippen molar-refractivity contribution in [1.82, 2.24) is 9.78 Å². The summed E-state index contributed by atoms with van der Waals surface area (Å²) >= 11 is 5.88. The topological polar surface area (TPSA) is 43.8 Å². The molecule has 0 aliphatic heterocycles. The lowest BCUT2D eigenvalue weighted by Gasteiger charge is -2.05. The van der Waals surface area contributed by atoms with E-state index in [1.807, 2.05) is 6.20 Å². The minimum Gasteiger partial charge on any atom is -0.397 e. The summed E-state index contributed by atoms with van der Waals surface area (Å²) in [6.07, 6.45) is 3.55. The smallest absolute Gasteiger partial charge is 0.123 e. The number of benzene rings is 2. The number of aromatic nitrogens is 2. The summed E-state index contributed by atoms with van der Waals surface area (Å²) in [4.78, 5) is 0. The van der Waals surface area contributed by atoms with Gasteiger partial charge in [0.1, 0.15) is 5.82 Å². The van der Waals surface area contributed by atoms with Crippen LogP contribution in [0.25, 0.3) is 16.8 Å². The molecule has 0 amide bonds. The van der Waals surface area contributed by atoms with Crippen LogP contribution in [0.2, 0.25) is 5.02 Å². The average Bonchev–Trinajstić information content (AvgIpc) is 2.89. The summed E-state index contributed by atoms with van der Waals surface area (Å²) in [5.41, 5.74) is 9.01. The first kappa shape index (κ1) is 12.7. The molecule has 0 aliphatic rings. The van der Waals surface area contributed by atoms with Gasteiger partial charge in [-0.25, -0.2) is 9.07 Å². The van der Waals surface area contributed by atoms with Gasteiger partial charge in [0.25, 0.3) is 0 Å².